The van der Waals surface area contributed by atoms with Gasteiger partial charge in [0.05, 0.1) is 0 Å². The number of nitrogens with zero attached hydrogens (tertiary/aromatic N) is 1. The van der Waals surface area contributed by atoms with Gasteiger partial charge in [0.25, 0.3) is 0 Å². The average Bonchev–Trinajstić information content (AvgIpc) is 2.70. The van der Waals surface area contributed by atoms with Gasteiger partial charge in [0, 0.05) is 17.7 Å². The van der Waals surface area contributed by atoms with E-state index in [0.717, 1.165) is 12.1 Å². The molecule has 1 heterocycles. The van der Waals surface area contributed by atoms with Gasteiger partial charge >= 0.3 is 6.16 Å². The Kier molecular flexibility index (Phi) is 3.56. The van der Waals surface area contributed by atoms with Crippen LogP contribution < -0.4 is 4.84 Å². The van der Waals surface area contributed by atoms with Crippen molar-refractivity contribution in [1.82, 2.24) is 4.73 Å². The molecule has 0 fully saturated rings. The summed E-state index contributed by atoms with van der Waals surface area (Å²) >= 11 is 0. The molecule has 1 aromatic carbocycles. The van der Waals surface area contributed by atoms with Crippen LogP contribution >= 0.6 is 0 Å². The van der Waals surface area contributed by atoms with E-state index in [4.69, 9.17) is 0 Å². The molecule has 0 unspecified atom stereocenters. The van der Waals surface area contributed by atoms with Crippen molar-refractivity contribution >= 4 is 6.16 Å². The van der Waals surface area contributed by atoms with Crippen LogP contribution in [0.15, 0.2) is 36.4 Å². The number of rotatable bonds is 3. The molecule has 2 N–H and O–H groups in total. The van der Waals surface area contributed by atoms with E-state index in [2.05, 4.69) is 9.57 Å². The van der Waals surface area contributed by atoms with E-state index in [9.17, 15) is 19.4 Å². The van der Waals surface area contributed by atoms with Gasteiger partial charge < -0.3 is 14.9 Å². The van der Waals surface area contributed by atoms with Crippen LogP contribution in [0.3, 0.4) is 0 Å². The Morgan fingerprint density at radius 1 is 1.16 bits per heavy atom. The van der Waals surface area contributed by atoms with E-state index >= 15 is 0 Å². The van der Waals surface area contributed by atoms with Crippen LogP contribution in [0.25, 0.3) is 0 Å². The molecule has 0 bridgehead atoms. The largest absolute Gasteiger partial charge is 0.534 e. The lowest BCUT2D eigenvalue weighted by atomic mass is 10.2. The van der Waals surface area contributed by atoms with Crippen molar-refractivity contribution in [2.24, 2.45) is 0 Å². The van der Waals surface area contributed by atoms with Gasteiger partial charge in [0.15, 0.2) is 0 Å². The van der Waals surface area contributed by atoms with Gasteiger partial charge in [-0.2, -0.15) is 0 Å². The molecular formula is C12H10FNO5. The molecule has 0 aliphatic heterocycles. The Balaban J connectivity index is 1.94. The fourth-order valence-electron chi connectivity index (χ4n) is 1.35. The standard InChI is InChI=1S/C12H10FNO5/c13-9-4-2-1-3-8(9)7-18-12(17)19-14-10(15)5-6-11(14)16/h1-6,15-16H,7H2. The number of carbonyl (C=O) groups excluding carboxylic acids is 1. The number of ether oxygens (including phenoxy) is 1. The third-order valence-corrected chi connectivity index (χ3v) is 2.27. The predicted molar refractivity (Wildman–Crippen MR) is 60.9 cm³/mol. The number of halogens is 1. The van der Waals surface area contributed by atoms with Gasteiger partial charge in [-0.3, -0.25) is 4.84 Å². The second kappa shape index (κ2) is 5.30. The molecule has 7 heteroatoms. The van der Waals surface area contributed by atoms with Gasteiger partial charge in [-0.05, 0) is 6.07 Å². The highest BCUT2D eigenvalue weighted by molar-refractivity contribution is 5.60. The minimum atomic E-state index is -1.19. The molecule has 0 amide bonds. The second-order valence-electron chi connectivity index (χ2n) is 3.57. The smallest absolute Gasteiger partial charge is 0.492 e. The molecule has 6 nitrogen and oxygen atoms in total. The maximum atomic E-state index is 13.2. The molecule has 0 atom stereocenters. The Hall–Kier alpha value is -2.70. The van der Waals surface area contributed by atoms with Crippen LogP contribution in [0.1, 0.15) is 5.56 Å². The molecule has 0 saturated carbocycles. The van der Waals surface area contributed by atoms with Gasteiger partial charge in [0.2, 0.25) is 11.8 Å². The van der Waals surface area contributed by atoms with Crippen LogP contribution in [0.4, 0.5) is 9.18 Å². The summed E-state index contributed by atoms with van der Waals surface area (Å²) in [5, 5.41) is 18.4. The summed E-state index contributed by atoms with van der Waals surface area (Å²) < 4.78 is 18.4. The Morgan fingerprint density at radius 3 is 2.42 bits per heavy atom. The highest BCUT2D eigenvalue weighted by Crippen LogP contribution is 2.19. The first-order valence-corrected chi connectivity index (χ1v) is 5.26. The molecule has 0 aliphatic carbocycles. The summed E-state index contributed by atoms with van der Waals surface area (Å²) in [6.07, 6.45) is -1.19. The zero-order valence-electron chi connectivity index (χ0n) is 9.62. The van der Waals surface area contributed by atoms with E-state index in [1.807, 2.05) is 0 Å². The molecule has 0 spiro atoms. The molecular weight excluding hydrogens is 257 g/mol. The number of aromatic hydroxyl groups is 2. The normalized spacial score (nSPS) is 10.2. The number of hydrogen-bond acceptors (Lipinski definition) is 5. The fraction of sp³-hybridized carbons (Fsp3) is 0.0833. The SMILES string of the molecule is O=C(OCc1ccccc1F)On1c(O)ccc1O. The van der Waals surface area contributed by atoms with Crippen molar-refractivity contribution in [3.05, 3.63) is 47.8 Å². The molecule has 2 rings (SSSR count). The Morgan fingerprint density at radius 2 is 1.79 bits per heavy atom. The van der Waals surface area contributed by atoms with Crippen molar-refractivity contribution in [2.45, 2.75) is 6.61 Å². The quantitative estimate of drug-likeness (QED) is 0.829. The molecule has 2 aromatic rings. The molecule has 19 heavy (non-hydrogen) atoms. The molecule has 0 aliphatic rings. The average molecular weight is 267 g/mol. The van der Waals surface area contributed by atoms with E-state index in [-0.39, 0.29) is 12.2 Å². The summed E-state index contributed by atoms with van der Waals surface area (Å²) in [6.45, 7) is -0.325. The predicted octanol–water partition coefficient (Wildman–Crippen LogP) is 1.80. The van der Waals surface area contributed by atoms with Crippen LogP contribution in [0, 0.1) is 5.82 Å². The van der Waals surface area contributed by atoms with Gasteiger partial charge in [-0.1, -0.05) is 18.2 Å². The minimum Gasteiger partial charge on any atom is -0.492 e. The molecule has 100 valence electrons. The number of hydrogen-bond donors (Lipinski definition) is 2. The Labute approximate surface area is 107 Å². The van der Waals surface area contributed by atoms with Crippen LogP contribution in [0.5, 0.6) is 11.8 Å². The van der Waals surface area contributed by atoms with Crippen molar-refractivity contribution in [3.8, 4) is 11.8 Å². The van der Waals surface area contributed by atoms with Gasteiger partial charge in [0.1, 0.15) is 12.4 Å². The number of benzene rings is 1. The first kappa shape index (κ1) is 12.7. The first-order chi connectivity index (χ1) is 9.08. The maximum absolute atomic E-state index is 13.2. The van der Waals surface area contributed by atoms with E-state index in [1.165, 1.54) is 18.2 Å². The summed E-state index contributed by atoms with van der Waals surface area (Å²) in [6, 6.07) is 8.03. The third kappa shape index (κ3) is 2.95. The van der Waals surface area contributed by atoms with E-state index < -0.39 is 23.7 Å². The summed E-state index contributed by atoms with van der Waals surface area (Å²) in [4.78, 5) is 15.8. The highest BCUT2D eigenvalue weighted by atomic mass is 19.1. The van der Waals surface area contributed by atoms with E-state index in [0.29, 0.717) is 4.73 Å². The zero-order valence-corrected chi connectivity index (χ0v) is 9.62. The lowest BCUT2D eigenvalue weighted by Gasteiger charge is -2.08. The number of carbonyl (C=O) groups is 1. The van der Waals surface area contributed by atoms with E-state index in [1.54, 1.807) is 6.07 Å². The summed E-state index contributed by atoms with van der Waals surface area (Å²) in [5.74, 6) is -1.46. The topological polar surface area (TPSA) is 80.9 Å². The fourth-order valence-corrected chi connectivity index (χ4v) is 1.35. The minimum absolute atomic E-state index is 0.181. The van der Waals surface area contributed by atoms with Crippen LogP contribution in [-0.4, -0.2) is 21.1 Å². The number of aromatic nitrogens is 1. The van der Waals surface area contributed by atoms with Crippen molar-refractivity contribution in [1.29, 1.82) is 0 Å². The van der Waals surface area contributed by atoms with Gasteiger partial charge in [-0.15, -0.1) is 4.73 Å². The van der Waals surface area contributed by atoms with Crippen molar-refractivity contribution < 1.29 is 29.0 Å². The summed E-state index contributed by atoms with van der Waals surface area (Å²) in [7, 11) is 0. The maximum Gasteiger partial charge on any atom is 0.534 e. The highest BCUT2D eigenvalue weighted by Gasteiger charge is 2.13. The van der Waals surface area contributed by atoms with Crippen molar-refractivity contribution in [2.75, 3.05) is 0 Å². The lowest BCUT2D eigenvalue weighted by Crippen LogP contribution is -2.20. The van der Waals surface area contributed by atoms with Crippen LogP contribution in [-0.2, 0) is 11.3 Å². The summed E-state index contributed by atoms with van der Waals surface area (Å²) in [5.41, 5.74) is 0.181. The molecule has 0 saturated heterocycles. The Bertz CT molecular complexity index is 576. The monoisotopic (exact) mass is 267 g/mol. The zero-order chi connectivity index (χ0) is 13.8. The van der Waals surface area contributed by atoms with Crippen LogP contribution in [0.2, 0.25) is 0 Å². The first-order valence-electron chi connectivity index (χ1n) is 5.26. The lowest BCUT2D eigenvalue weighted by molar-refractivity contribution is 0.0305. The molecule has 1 aromatic heterocycles. The second-order valence-corrected chi connectivity index (χ2v) is 3.57. The third-order valence-electron chi connectivity index (χ3n) is 2.27. The van der Waals surface area contributed by atoms with Crippen molar-refractivity contribution in [3.63, 3.8) is 0 Å². The van der Waals surface area contributed by atoms with Gasteiger partial charge in [-0.25, -0.2) is 9.18 Å². The molecule has 0 radical (unpaired) electrons.